The summed E-state index contributed by atoms with van der Waals surface area (Å²) in [5.74, 6) is 1.40. The van der Waals surface area contributed by atoms with E-state index in [2.05, 4.69) is 4.72 Å². The summed E-state index contributed by atoms with van der Waals surface area (Å²) in [6.45, 7) is 0.311. The first kappa shape index (κ1) is 19.0. The topological polar surface area (TPSA) is 73.9 Å². The number of rotatable bonds is 8. The van der Waals surface area contributed by atoms with Crippen molar-refractivity contribution in [3.63, 3.8) is 0 Å². The Morgan fingerprint density at radius 1 is 0.889 bits per heavy atom. The third-order valence-electron chi connectivity index (χ3n) is 4.06. The van der Waals surface area contributed by atoms with Crippen LogP contribution in [0.2, 0.25) is 0 Å². The summed E-state index contributed by atoms with van der Waals surface area (Å²) in [4.78, 5) is 0.0227. The first-order valence-corrected chi connectivity index (χ1v) is 9.86. The molecule has 0 aliphatic heterocycles. The van der Waals surface area contributed by atoms with Crippen LogP contribution in [0.1, 0.15) is 0 Å². The van der Waals surface area contributed by atoms with Crippen LogP contribution in [0.5, 0.6) is 17.2 Å². The van der Waals surface area contributed by atoms with E-state index < -0.39 is 10.0 Å². The average molecular weight is 387 g/mol. The van der Waals surface area contributed by atoms with Gasteiger partial charge < -0.3 is 14.2 Å². The van der Waals surface area contributed by atoms with Gasteiger partial charge >= 0.3 is 0 Å². The Labute approximate surface area is 158 Å². The molecule has 1 N–H and O–H groups in total. The van der Waals surface area contributed by atoms with E-state index in [1.54, 1.807) is 12.1 Å². The number of fused-ring (bicyclic) bond motifs is 1. The van der Waals surface area contributed by atoms with Gasteiger partial charge in [0, 0.05) is 18.0 Å². The highest BCUT2D eigenvalue weighted by molar-refractivity contribution is 7.89. The lowest BCUT2D eigenvalue weighted by atomic mass is 10.1. The van der Waals surface area contributed by atoms with Crippen LogP contribution in [-0.4, -0.2) is 35.8 Å². The van der Waals surface area contributed by atoms with Gasteiger partial charge in [0.15, 0.2) is 0 Å². The zero-order valence-corrected chi connectivity index (χ0v) is 16.0. The van der Waals surface area contributed by atoms with Crippen LogP contribution < -0.4 is 18.9 Å². The molecule has 7 heteroatoms. The maximum absolute atomic E-state index is 12.6. The minimum Gasteiger partial charge on any atom is -0.497 e. The maximum atomic E-state index is 12.6. The lowest BCUT2D eigenvalue weighted by molar-refractivity contribution is 0.326. The van der Waals surface area contributed by atoms with Crippen molar-refractivity contribution in [3.8, 4) is 17.2 Å². The number of ether oxygens (including phenoxy) is 3. The highest BCUT2D eigenvalue weighted by Crippen LogP contribution is 2.28. The molecule has 0 radical (unpaired) electrons. The number of methoxy groups -OCH3 is 2. The van der Waals surface area contributed by atoms with Crippen LogP contribution >= 0.6 is 0 Å². The summed E-state index contributed by atoms with van der Waals surface area (Å²) in [6.07, 6.45) is 0. The molecule has 27 heavy (non-hydrogen) atoms. The van der Waals surface area contributed by atoms with Crippen LogP contribution in [0.25, 0.3) is 10.8 Å². The second-order valence-corrected chi connectivity index (χ2v) is 7.48. The largest absolute Gasteiger partial charge is 0.497 e. The predicted octanol–water partition coefficient (Wildman–Crippen LogP) is 3.21. The fourth-order valence-corrected chi connectivity index (χ4v) is 3.93. The van der Waals surface area contributed by atoms with Gasteiger partial charge in [0.05, 0.1) is 14.2 Å². The van der Waals surface area contributed by atoms with E-state index in [9.17, 15) is 8.42 Å². The van der Waals surface area contributed by atoms with Gasteiger partial charge in [0.25, 0.3) is 0 Å². The lowest BCUT2D eigenvalue weighted by Crippen LogP contribution is -2.28. The van der Waals surface area contributed by atoms with E-state index >= 15 is 0 Å². The van der Waals surface area contributed by atoms with Gasteiger partial charge in [-0.05, 0) is 23.6 Å². The molecule has 0 amide bonds. The molecule has 0 saturated heterocycles. The number of sulfonamides is 1. The van der Waals surface area contributed by atoms with Gasteiger partial charge in [0.1, 0.15) is 28.8 Å². The molecular formula is C20H21NO5S. The van der Waals surface area contributed by atoms with Crippen molar-refractivity contribution in [1.29, 1.82) is 0 Å². The van der Waals surface area contributed by atoms with E-state index in [1.807, 2.05) is 42.5 Å². The number of nitrogens with one attached hydrogen (secondary N) is 1. The molecule has 3 aromatic carbocycles. The monoisotopic (exact) mass is 387 g/mol. The Bertz CT molecular complexity index is 1030. The SMILES string of the molecule is COc1ccc(OC)c(S(=O)(=O)NCCOc2cccc3ccccc23)c1. The Kier molecular flexibility index (Phi) is 5.83. The summed E-state index contributed by atoms with van der Waals surface area (Å²) in [5, 5.41) is 2.05. The Balaban J connectivity index is 1.68. The molecule has 0 heterocycles. The van der Waals surface area contributed by atoms with Crippen LogP contribution in [0.15, 0.2) is 65.6 Å². The van der Waals surface area contributed by atoms with E-state index in [0.717, 1.165) is 10.8 Å². The molecule has 3 aromatic rings. The van der Waals surface area contributed by atoms with Gasteiger partial charge in [-0.3, -0.25) is 0 Å². The molecule has 142 valence electrons. The van der Waals surface area contributed by atoms with Crippen molar-refractivity contribution in [2.24, 2.45) is 0 Å². The summed E-state index contributed by atoms with van der Waals surface area (Å²) >= 11 is 0. The van der Waals surface area contributed by atoms with Crippen molar-refractivity contribution in [1.82, 2.24) is 4.72 Å². The first-order chi connectivity index (χ1) is 13.0. The average Bonchev–Trinajstić information content (AvgIpc) is 2.70. The predicted molar refractivity (Wildman–Crippen MR) is 104 cm³/mol. The molecule has 0 aromatic heterocycles. The van der Waals surface area contributed by atoms with Crippen LogP contribution in [0, 0.1) is 0 Å². The van der Waals surface area contributed by atoms with E-state index in [0.29, 0.717) is 11.5 Å². The zero-order chi connectivity index (χ0) is 19.3. The van der Waals surface area contributed by atoms with Gasteiger partial charge in [-0.25, -0.2) is 13.1 Å². The molecule has 0 bridgehead atoms. The molecular weight excluding hydrogens is 366 g/mol. The fourth-order valence-electron chi connectivity index (χ4n) is 2.73. The second-order valence-electron chi connectivity index (χ2n) is 5.74. The molecule has 3 rings (SSSR count). The fraction of sp³-hybridized carbons (Fsp3) is 0.200. The minimum absolute atomic E-state index is 0.0227. The number of benzene rings is 3. The van der Waals surface area contributed by atoms with Gasteiger partial charge in [-0.2, -0.15) is 0 Å². The van der Waals surface area contributed by atoms with E-state index in [-0.39, 0.29) is 23.8 Å². The summed E-state index contributed by atoms with van der Waals surface area (Å²) in [6, 6.07) is 18.3. The van der Waals surface area contributed by atoms with E-state index in [1.165, 1.54) is 20.3 Å². The standard InChI is InChI=1S/C20H21NO5S/c1-24-16-10-11-19(25-2)20(14-16)27(22,23)21-12-13-26-18-9-5-7-15-6-3-4-8-17(15)18/h3-11,14,21H,12-13H2,1-2H3. The second kappa shape index (κ2) is 8.28. The van der Waals surface area contributed by atoms with E-state index in [4.69, 9.17) is 14.2 Å². The summed E-state index contributed by atoms with van der Waals surface area (Å²) in [7, 11) is -0.871. The molecule has 0 unspecified atom stereocenters. The summed E-state index contributed by atoms with van der Waals surface area (Å²) in [5.41, 5.74) is 0. The highest BCUT2D eigenvalue weighted by Gasteiger charge is 2.20. The maximum Gasteiger partial charge on any atom is 0.244 e. The Morgan fingerprint density at radius 2 is 1.67 bits per heavy atom. The molecule has 0 saturated carbocycles. The molecule has 0 atom stereocenters. The van der Waals surface area contributed by atoms with Crippen LogP contribution in [0.4, 0.5) is 0 Å². The smallest absolute Gasteiger partial charge is 0.244 e. The van der Waals surface area contributed by atoms with Crippen molar-refractivity contribution < 1.29 is 22.6 Å². The normalized spacial score (nSPS) is 11.3. The van der Waals surface area contributed by atoms with Crippen LogP contribution in [0.3, 0.4) is 0 Å². The molecule has 6 nitrogen and oxygen atoms in total. The quantitative estimate of drug-likeness (QED) is 0.601. The van der Waals surface area contributed by atoms with Gasteiger partial charge in [-0.1, -0.05) is 36.4 Å². The van der Waals surface area contributed by atoms with Crippen molar-refractivity contribution in [3.05, 3.63) is 60.7 Å². The molecule has 0 aliphatic carbocycles. The molecule has 0 aliphatic rings. The third kappa shape index (κ3) is 4.32. The first-order valence-electron chi connectivity index (χ1n) is 8.37. The lowest BCUT2D eigenvalue weighted by Gasteiger charge is -2.13. The summed E-state index contributed by atoms with van der Waals surface area (Å²) < 4.78 is 43.8. The van der Waals surface area contributed by atoms with Crippen molar-refractivity contribution >= 4 is 20.8 Å². The molecule has 0 spiro atoms. The number of hydrogen-bond donors (Lipinski definition) is 1. The van der Waals surface area contributed by atoms with Crippen molar-refractivity contribution in [2.75, 3.05) is 27.4 Å². The van der Waals surface area contributed by atoms with Gasteiger partial charge in [-0.15, -0.1) is 0 Å². The van der Waals surface area contributed by atoms with Crippen molar-refractivity contribution in [2.45, 2.75) is 4.90 Å². The minimum atomic E-state index is -3.77. The van der Waals surface area contributed by atoms with Gasteiger partial charge in [0.2, 0.25) is 10.0 Å². The Hall–Kier alpha value is -2.77. The zero-order valence-electron chi connectivity index (χ0n) is 15.1. The Morgan fingerprint density at radius 3 is 2.44 bits per heavy atom. The number of hydrogen-bond acceptors (Lipinski definition) is 5. The third-order valence-corrected chi connectivity index (χ3v) is 5.54. The highest BCUT2D eigenvalue weighted by atomic mass is 32.2. The molecule has 0 fully saturated rings. The van der Waals surface area contributed by atoms with Crippen LogP contribution in [-0.2, 0) is 10.0 Å².